The lowest BCUT2D eigenvalue weighted by molar-refractivity contribution is 0.313. The molecule has 11 aromatic rings. The van der Waals surface area contributed by atoms with Gasteiger partial charge in [0.2, 0.25) is 0 Å². The summed E-state index contributed by atoms with van der Waals surface area (Å²) >= 11 is 3.53. The van der Waals surface area contributed by atoms with Gasteiger partial charge in [-0.3, -0.25) is 4.28 Å². The van der Waals surface area contributed by atoms with E-state index in [-0.39, 0.29) is 4.90 Å². The summed E-state index contributed by atoms with van der Waals surface area (Å²) in [6, 6.07) is 71.4. The lowest BCUT2D eigenvalue weighted by atomic mass is 9.99. The highest BCUT2D eigenvalue weighted by molar-refractivity contribution is 8.00. The van der Waals surface area contributed by atoms with E-state index in [4.69, 9.17) is 40.3 Å². The fourth-order valence-electron chi connectivity index (χ4n) is 13.4. The Bertz CT molecular complexity index is 5290. The van der Waals surface area contributed by atoms with Crippen LogP contribution in [0.2, 0.25) is 0 Å². The number of nitrogens with zero attached hydrogens (tertiary/aromatic N) is 7. The first-order valence-corrected chi connectivity index (χ1v) is 36.8. The molecule has 11 aromatic carbocycles. The molecule has 20 heteroatoms. The molecule has 17 nitrogen and oxygen atoms in total. The lowest BCUT2D eigenvalue weighted by Gasteiger charge is -2.15. The van der Waals surface area contributed by atoms with Gasteiger partial charge in [0.15, 0.2) is 0 Å². The van der Waals surface area contributed by atoms with Gasteiger partial charge in [-0.15, -0.1) is 23.5 Å². The molecule has 7 aliphatic rings. The first-order chi connectivity index (χ1) is 49.8. The SMILES string of the molecule is Cc1ccc2c(c1)CC/C2=N\O.Cc1ccc2c(c1)CC/C2=N\OS(=O)(=O)c1ccccc1.Cc1ccc2c3c(ccc2c1)CC/C3=N\O.O/N=C1\CCSc2ccccc21.O/N=C1\CCc2c1ccc1ccccc21.O/N=C1\COc2ccc3ccccc3c21.O/N=C1\CSc2ccccc21. The van der Waals surface area contributed by atoms with Gasteiger partial charge in [-0.2, -0.15) is 8.42 Å². The van der Waals surface area contributed by atoms with E-state index in [0.717, 1.165) is 147 Å². The maximum atomic E-state index is 12.0. The average molecular weight is 1410 g/mol. The summed E-state index contributed by atoms with van der Waals surface area (Å²) in [7, 11) is -3.85. The minimum absolute atomic E-state index is 0.108. The van der Waals surface area contributed by atoms with Crippen molar-refractivity contribution >= 4 is 106 Å². The number of thioether (sulfide) groups is 2. The number of oxime groups is 7. The van der Waals surface area contributed by atoms with Crippen LogP contribution < -0.4 is 4.74 Å². The number of hydrogen-bond donors (Lipinski definition) is 6. The Labute approximate surface area is 600 Å². The molecule has 0 radical (unpaired) electrons. The number of hydrogen-bond acceptors (Lipinski definition) is 19. The predicted octanol–water partition coefficient (Wildman–Crippen LogP) is 18.1. The van der Waals surface area contributed by atoms with Crippen molar-refractivity contribution in [2.75, 3.05) is 18.1 Å². The minimum Gasteiger partial charge on any atom is -0.486 e. The zero-order chi connectivity index (χ0) is 71.1. The summed E-state index contributed by atoms with van der Waals surface area (Å²) in [6.45, 7) is 6.55. The maximum absolute atomic E-state index is 12.0. The highest BCUT2D eigenvalue weighted by atomic mass is 32.2. The van der Waals surface area contributed by atoms with Gasteiger partial charge in [0.1, 0.15) is 23.0 Å². The third-order valence-corrected chi connectivity index (χ3v) is 21.7. The molecular weight excluding hydrogens is 1340 g/mol. The van der Waals surface area contributed by atoms with E-state index in [0.29, 0.717) is 24.5 Å². The zero-order valence-corrected chi connectivity index (χ0v) is 58.9. The van der Waals surface area contributed by atoms with Crippen LogP contribution in [-0.2, 0) is 40.1 Å². The molecule has 0 fully saturated rings. The monoisotopic (exact) mass is 1410 g/mol. The van der Waals surface area contributed by atoms with Crippen LogP contribution in [0.25, 0.3) is 32.3 Å². The Morgan fingerprint density at radius 1 is 0.373 bits per heavy atom. The Kier molecular flexibility index (Phi) is 22.9. The second-order valence-corrected chi connectivity index (χ2v) is 28.6. The molecule has 0 saturated carbocycles. The molecule has 4 aliphatic carbocycles. The van der Waals surface area contributed by atoms with Gasteiger partial charge in [-0.25, -0.2) is 0 Å². The molecule has 0 saturated heterocycles. The van der Waals surface area contributed by atoms with E-state index in [1.807, 2.05) is 122 Å². The first kappa shape index (κ1) is 70.8. The van der Waals surface area contributed by atoms with E-state index in [2.05, 4.69) is 135 Å². The van der Waals surface area contributed by atoms with Gasteiger partial charge >= 0.3 is 10.1 Å². The smallest absolute Gasteiger partial charge is 0.358 e. The quantitative estimate of drug-likeness (QED) is 0.0713. The molecule has 3 aliphatic heterocycles. The standard InChI is InChI=1S/C16H15NO3S.C14H13NO.C13H11NO.C12H9NO2.C10H11NO.C9H9NOS.C8H7NOS/c1-12-7-9-15-13(11-12)8-10-16(15)17-20-21(18,19)14-5-3-2-4-6-14;1-9-2-6-12-11(8-9)4-3-10-5-7-13(15-16)14(10)12;15-14-13-8-7-11-10-4-2-1-3-9(10)5-6-12(11)13;14-13-10-7-15-11-6-5-8-3-1-2-4-9(8)12(10)11;1-7-2-4-9-8(6-7)3-5-10(9)11-12;11-10-8-5-6-12-9-4-2-1-3-7(8)9;10-9-7-5-11-8-4-2-1-3-6(7)8/h2-7,9,11H,8,10H2,1H3;2-4,6,8,16H,5,7H2,1H3;1-6,15H,7-8H2;1-6,14H,7H2;2,4,6,12H,3,5H2,1H3;1-4,11H,5-6H2;1-4,10H,5H2/b17-16+;15-13+;14-13+;13-10+;11-10+;10-8+;9-7+. The predicted molar refractivity (Wildman–Crippen MR) is 408 cm³/mol. The van der Waals surface area contributed by atoms with Crippen molar-refractivity contribution in [1.29, 1.82) is 0 Å². The largest absolute Gasteiger partial charge is 0.486 e. The number of fused-ring (bicyclic) bond motifs is 13. The third kappa shape index (κ3) is 16.1. The van der Waals surface area contributed by atoms with Crippen LogP contribution in [0.4, 0.5) is 0 Å². The molecule has 516 valence electrons. The zero-order valence-electron chi connectivity index (χ0n) is 56.4. The summed E-state index contributed by atoms with van der Waals surface area (Å²) in [4.78, 5) is 2.54. The van der Waals surface area contributed by atoms with E-state index >= 15 is 0 Å². The van der Waals surface area contributed by atoms with Crippen LogP contribution in [0.1, 0.15) is 110 Å². The second-order valence-electron chi connectivity index (χ2n) is 24.9. The van der Waals surface area contributed by atoms with E-state index in [9.17, 15) is 8.42 Å². The highest BCUT2D eigenvalue weighted by Crippen LogP contribution is 2.36. The van der Waals surface area contributed by atoms with Gasteiger partial charge in [0.25, 0.3) is 0 Å². The molecule has 0 atom stereocenters. The summed E-state index contributed by atoms with van der Waals surface area (Å²) in [6.07, 6.45) is 7.96. The number of aryl methyl sites for hydroxylation is 7. The lowest BCUT2D eigenvalue weighted by Crippen LogP contribution is -2.08. The van der Waals surface area contributed by atoms with Crippen LogP contribution in [0.3, 0.4) is 0 Å². The van der Waals surface area contributed by atoms with Crippen molar-refractivity contribution in [3.63, 3.8) is 0 Å². The summed E-state index contributed by atoms with van der Waals surface area (Å²) < 4.78 is 34.3. The van der Waals surface area contributed by atoms with E-state index in [1.54, 1.807) is 30.0 Å². The molecule has 0 aromatic heterocycles. The Morgan fingerprint density at radius 3 is 1.55 bits per heavy atom. The van der Waals surface area contributed by atoms with Gasteiger partial charge in [-0.05, 0) is 157 Å². The van der Waals surface area contributed by atoms with Crippen LogP contribution in [0.5, 0.6) is 5.75 Å². The molecule has 6 N–H and O–H groups in total. The Morgan fingerprint density at radius 2 is 0.863 bits per heavy atom. The fraction of sp³-hybridized carbons (Fsp3) is 0.183. The number of ether oxygens (including phenoxy) is 1. The van der Waals surface area contributed by atoms with Crippen LogP contribution in [-0.4, -0.2) is 97.8 Å². The van der Waals surface area contributed by atoms with Crippen molar-refractivity contribution in [2.45, 2.75) is 93.2 Å². The molecule has 0 spiro atoms. The number of benzene rings is 11. The van der Waals surface area contributed by atoms with Gasteiger partial charge in [0, 0.05) is 61.1 Å². The Balaban J connectivity index is 0.000000113. The molecule has 0 amide bonds. The maximum Gasteiger partial charge on any atom is 0.358 e. The molecule has 0 bridgehead atoms. The fourth-order valence-corrected chi connectivity index (χ4v) is 16.2. The van der Waals surface area contributed by atoms with Crippen LogP contribution >= 0.6 is 23.5 Å². The summed E-state index contributed by atoms with van der Waals surface area (Å²) in [5, 5.41) is 83.6. The highest BCUT2D eigenvalue weighted by Gasteiger charge is 2.26. The van der Waals surface area contributed by atoms with Crippen molar-refractivity contribution in [3.05, 3.63) is 296 Å². The van der Waals surface area contributed by atoms with Crippen LogP contribution in [0, 0.1) is 20.8 Å². The normalized spacial score (nSPS) is 17.3. The summed E-state index contributed by atoms with van der Waals surface area (Å²) in [5.41, 5.74) is 21.6. The molecular formula is C82H75N7O10S3. The van der Waals surface area contributed by atoms with Crippen molar-refractivity contribution < 1.29 is 48.7 Å². The van der Waals surface area contributed by atoms with Crippen molar-refractivity contribution in [3.8, 4) is 5.75 Å². The second kappa shape index (κ2) is 33.0. The molecule has 3 heterocycles. The van der Waals surface area contributed by atoms with Gasteiger partial charge < -0.3 is 36.0 Å². The minimum atomic E-state index is -3.85. The van der Waals surface area contributed by atoms with Crippen molar-refractivity contribution in [1.82, 2.24) is 0 Å². The van der Waals surface area contributed by atoms with Crippen molar-refractivity contribution in [2.24, 2.45) is 36.1 Å². The molecule has 0 unspecified atom stereocenters. The third-order valence-electron chi connectivity index (χ3n) is 18.5. The molecule has 102 heavy (non-hydrogen) atoms. The number of rotatable bonds is 3. The summed E-state index contributed by atoms with van der Waals surface area (Å²) in [5.74, 6) is 2.59. The van der Waals surface area contributed by atoms with E-state index < -0.39 is 10.1 Å². The van der Waals surface area contributed by atoms with Gasteiger partial charge in [0.05, 0.1) is 39.8 Å². The van der Waals surface area contributed by atoms with E-state index in [1.165, 1.54) is 82.4 Å². The molecule has 18 rings (SSSR count). The Hall–Kier alpha value is -11.1. The topological polar surface area (TPSA) is 260 Å². The first-order valence-electron chi connectivity index (χ1n) is 33.4. The van der Waals surface area contributed by atoms with Crippen LogP contribution in [0.15, 0.2) is 269 Å². The average Bonchev–Trinajstić information content (AvgIpc) is 1.60. The van der Waals surface area contributed by atoms with Gasteiger partial charge in [-0.1, -0.05) is 241 Å².